The van der Waals surface area contributed by atoms with Crippen molar-refractivity contribution in [3.05, 3.63) is 63.2 Å². The van der Waals surface area contributed by atoms with Crippen LogP contribution >= 0.6 is 69.6 Å². The zero-order valence-electron chi connectivity index (χ0n) is 13.5. The van der Waals surface area contributed by atoms with Crippen LogP contribution in [0.15, 0.2) is 48.5 Å². The molecule has 0 aliphatic rings. The number of carbonyl (C=O) groups is 1. The minimum Gasteiger partial charge on any atom is -0.339 e. The molecule has 2 aromatic carbocycles. The van der Waals surface area contributed by atoms with E-state index in [1.165, 1.54) is 0 Å². The number of thiocarbonyl (C=S) groups is 1. The summed E-state index contributed by atoms with van der Waals surface area (Å²) < 4.78 is -0.713. The summed E-state index contributed by atoms with van der Waals surface area (Å²) in [5.74, 6) is -0.383. The van der Waals surface area contributed by atoms with Crippen molar-refractivity contribution < 1.29 is 4.79 Å². The molecule has 0 saturated carbocycles. The highest BCUT2D eigenvalue weighted by Gasteiger charge is 2.34. The minimum atomic E-state index is -1.81. The molecule has 0 aliphatic carbocycles. The second-order valence-corrected chi connectivity index (χ2v) is 9.44. The van der Waals surface area contributed by atoms with Gasteiger partial charge in [-0.25, -0.2) is 0 Å². The van der Waals surface area contributed by atoms with E-state index in [4.69, 9.17) is 47.0 Å². The van der Waals surface area contributed by atoms with Gasteiger partial charge in [-0.1, -0.05) is 52.5 Å². The number of rotatable bonds is 4. The Morgan fingerprint density at radius 3 is 2.15 bits per heavy atom. The van der Waals surface area contributed by atoms with E-state index < -0.39 is 9.96 Å². The van der Waals surface area contributed by atoms with Crippen LogP contribution in [0.3, 0.4) is 0 Å². The Balaban J connectivity index is 2.04. The molecule has 1 atom stereocenters. The van der Waals surface area contributed by atoms with E-state index >= 15 is 0 Å². The normalized spacial score (nSPS) is 12.2. The van der Waals surface area contributed by atoms with Gasteiger partial charge in [0.2, 0.25) is 3.79 Å². The number of aryl methyl sites for hydroxylation is 1. The van der Waals surface area contributed by atoms with Crippen molar-refractivity contribution in [2.24, 2.45) is 0 Å². The maximum absolute atomic E-state index is 12.4. The predicted octanol–water partition coefficient (Wildman–Crippen LogP) is 5.01. The Morgan fingerprint density at radius 1 is 1.04 bits per heavy atom. The summed E-state index contributed by atoms with van der Waals surface area (Å²) in [5, 5.41) is 8.66. The summed E-state index contributed by atoms with van der Waals surface area (Å²) in [6.45, 7) is 1.93. The first-order chi connectivity index (χ1) is 12.1. The van der Waals surface area contributed by atoms with E-state index in [-0.39, 0.29) is 11.0 Å². The quantitative estimate of drug-likeness (QED) is 0.220. The molecular formula is C17H15Cl3IN3OS. The number of alkyl halides is 3. The Kier molecular flexibility index (Phi) is 7.78. The molecule has 0 spiro atoms. The van der Waals surface area contributed by atoms with Crippen LogP contribution in [0.25, 0.3) is 0 Å². The molecule has 26 heavy (non-hydrogen) atoms. The highest BCUT2D eigenvalue weighted by molar-refractivity contribution is 14.1. The second kappa shape index (κ2) is 9.41. The summed E-state index contributed by atoms with van der Waals surface area (Å²) in [4.78, 5) is 12.4. The molecule has 2 aromatic rings. The van der Waals surface area contributed by atoms with Crippen LogP contribution in [0.1, 0.15) is 15.9 Å². The number of anilines is 1. The number of hydrogen-bond donors (Lipinski definition) is 3. The molecule has 1 amide bonds. The zero-order valence-corrected chi connectivity index (χ0v) is 18.8. The highest BCUT2D eigenvalue weighted by Crippen LogP contribution is 2.29. The van der Waals surface area contributed by atoms with Crippen LogP contribution in [0, 0.1) is 10.5 Å². The summed E-state index contributed by atoms with van der Waals surface area (Å²) in [5.41, 5.74) is 2.27. The molecule has 3 N–H and O–H groups in total. The summed E-state index contributed by atoms with van der Waals surface area (Å²) in [7, 11) is 0. The van der Waals surface area contributed by atoms with Crippen molar-refractivity contribution >= 4 is 86.3 Å². The third kappa shape index (κ3) is 6.74. The number of benzene rings is 2. The lowest BCUT2D eigenvalue weighted by Crippen LogP contribution is -2.56. The lowest BCUT2D eigenvalue weighted by molar-refractivity contribution is 0.0934. The zero-order chi connectivity index (χ0) is 19.3. The summed E-state index contributed by atoms with van der Waals surface area (Å²) in [6.07, 6.45) is -1.02. The van der Waals surface area contributed by atoms with E-state index in [0.29, 0.717) is 5.56 Å². The molecule has 0 aromatic heterocycles. The fourth-order valence-corrected chi connectivity index (χ4v) is 2.87. The molecule has 0 saturated heterocycles. The van der Waals surface area contributed by atoms with Crippen LogP contribution in [0.2, 0.25) is 0 Å². The van der Waals surface area contributed by atoms with Gasteiger partial charge in [0.05, 0.1) is 0 Å². The fourth-order valence-electron chi connectivity index (χ4n) is 1.95. The lowest BCUT2D eigenvalue weighted by Gasteiger charge is -2.27. The van der Waals surface area contributed by atoms with Gasteiger partial charge in [0.1, 0.15) is 6.17 Å². The third-order valence-corrected chi connectivity index (χ3v) is 4.89. The minimum absolute atomic E-state index is 0.215. The van der Waals surface area contributed by atoms with Gasteiger partial charge >= 0.3 is 0 Å². The second-order valence-electron chi connectivity index (χ2n) is 5.42. The smallest absolute Gasteiger partial charge is 0.252 e. The van der Waals surface area contributed by atoms with Gasteiger partial charge in [-0.3, -0.25) is 4.79 Å². The molecule has 0 fully saturated rings. The maximum Gasteiger partial charge on any atom is 0.252 e. The summed E-state index contributed by atoms with van der Waals surface area (Å²) >= 11 is 25.4. The highest BCUT2D eigenvalue weighted by atomic mass is 127. The van der Waals surface area contributed by atoms with E-state index in [1.807, 2.05) is 43.3 Å². The Bertz CT molecular complexity index is 779. The first-order valence-corrected chi connectivity index (χ1v) is 10.0. The van der Waals surface area contributed by atoms with Gasteiger partial charge in [-0.2, -0.15) is 0 Å². The Hall–Kier alpha value is -0.800. The average molecular weight is 543 g/mol. The topological polar surface area (TPSA) is 53.2 Å². The van der Waals surface area contributed by atoms with Crippen molar-refractivity contribution in [3.63, 3.8) is 0 Å². The van der Waals surface area contributed by atoms with Crippen molar-refractivity contribution in [2.45, 2.75) is 16.9 Å². The lowest BCUT2D eigenvalue weighted by atomic mass is 10.1. The molecule has 0 radical (unpaired) electrons. The number of carbonyl (C=O) groups excluding carboxylic acids is 1. The van der Waals surface area contributed by atoms with E-state index in [0.717, 1.165) is 14.8 Å². The van der Waals surface area contributed by atoms with Gasteiger partial charge in [0, 0.05) is 14.8 Å². The van der Waals surface area contributed by atoms with Gasteiger partial charge in [0.15, 0.2) is 5.11 Å². The Morgan fingerprint density at radius 2 is 1.62 bits per heavy atom. The SMILES string of the molecule is Cc1ccc(C(=O)NC(NC(=S)Nc2ccc(I)cc2)C(Cl)(Cl)Cl)cc1. The van der Waals surface area contributed by atoms with Crippen LogP contribution in [-0.2, 0) is 0 Å². The largest absolute Gasteiger partial charge is 0.339 e. The van der Waals surface area contributed by atoms with Crippen LogP contribution < -0.4 is 16.0 Å². The number of nitrogens with one attached hydrogen (secondary N) is 3. The molecular weight excluding hydrogens is 528 g/mol. The van der Waals surface area contributed by atoms with Gasteiger partial charge in [-0.05, 0) is 78.1 Å². The number of halogens is 4. The third-order valence-electron chi connectivity index (χ3n) is 3.29. The van der Waals surface area contributed by atoms with E-state index in [9.17, 15) is 4.79 Å². The van der Waals surface area contributed by atoms with Crippen molar-refractivity contribution in [2.75, 3.05) is 5.32 Å². The van der Waals surface area contributed by atoms with Gasteiger partial charge in [-0.15, -0.1) is 0 Å². The van der Waals surface area contributed by atoms with E-state index in [2.05, 4.69) is 38.5 Å². The number of hydrogen-bond acceptors (Lipinski definition) is 2. The molecule has 4 nitrogen and oxygen atoms in total. The Labute approximate surface area is 186 Å². The van der Waals surface area contributed by atoms with Crippen molar-refractivity contribution in [1.29, 1.82) is 0 Å². The molecule has 0 aliphatic heterocycles. The maximum atomic E-state index is 12.4. The molecule has 0 bridgehead atoms. The van der Waals surface area contributed by atoms with Crippen molar-refractivity contribution in [1.82, 2.24) is 10.6 Å². The molecule has 2 rings (SSSR count). The van der Waals surface area contributed by atoms with Crippen LogP contribution in [0.4, 0.5) is 5.69 Å². The van der Waals surface area contributed by atoms with Crippen LogP contribution in [-0.4, -0.2) is 21.0 Å². The fraction of sp³-hybridized carbons (Fsp3) is 0.176. The monoisotopic (exact) mass is 541 g/mol. The molecule has 0 heterocycles. The molecule has 9 heteroatoms. The molecule has 138 valence electrons. The standard InChI is InChI=1S/C17H15Cl3IN3OS/c1-10-2-4-11(5-3-10)14(25)23-15(17(18,19)20)24-16(26)22-13-8-6-12(21)7-9-13/h2-9,15H,1H3,(H,23,25)(H2,22,24,26). The first kappa shape index (κ1) is 21.5. The average Bonchev–Trinajstić information content (AvgIpc) is 2.56. The summed E-state index contributed by atoms with van der Waals surface area (Å²) in [6, 6.07) is 14.6. The predicted molar refractivity (Wildman–Crippen MR) is 121 cm³/mol. The van der Waals surface area contributed by atoms with Gasteiger partial charge in [0.25, 0.3) is 5.91 Å². The van der Waals surface area contributed by atoms with Gasteiger partial charge < -0.3 is 16.0 Å². The first-order valence-electron chi connectivity index (χ1n) is 7.42. The van der Waals surface area contributed by atoms with Crippen LogP contribution in [0.5, 0.6) is 0 Å². The molecule has 1 unspecified atom stereocenters. The van der Waals surface area contributed by atoms with Crippen molar-refractivity contribution in [3.8, 4) is 0 Å². The number of amides is 1. The van der Waals surface area contributed by atoms with E-state index in [1.54, 1.807) is 12.1 Å².